The quantitative estimate of drug-likeness (QED) is 0.536. The Balaban J connectivity index is 1.29. The zero-order valence-corrected chi connectivity index (χ0v) is 20.3. The number of ether oxygens (including phenoxy) is 1. The predicted molar refractivity (Wildman–Crippen MR) is 137 cm³/mol. The van der Waals surface area contributed by atoms with Crippen LogP contribution in [0.25, 0.3) is 0 Å². The zero-order chi connectivity index (χ0) is 24.4. The summed E-state index contributed by atoms with van der Waals surface area (Å²) in [7, 11) is 1.66. The Kier molecular flexibility index (Phi) is 6.45. The van der Waals surface area contributed by atoms with E-state index in [0.29, 0.717) is 19.6 Å². The van der Waals surface area contributed by atoms with Crippen molar-refractivity contribution in [1.29, 1.82) is 0 Å². The maximum absolute atomic E-state index is 13.5. The Hall–Kier alpha value is -3.80. The summed E-state index contributed by atoms with van der Waals surface area (Å²) >= 11 is 0. The molecule has 0 radical (unpaired) electrons. The van der Waals surface area contributed by atoms with Crippen LogP contribution in [0.15, 0.2) is 72.8 Å². The molecule has 0 spiro atoms. The molecule has 2 aliphatic heterocycles. The zero-order valence-electron chi connectivity index (χ0n) is 20.3. The number of methoxy groups -OCH3 is 1. The van der Waals surface area contributed by atoms with Crippen LogP contribution >= 0.6 is 0 Å². The van der Waals surface area contributed by atoms with Gasteiger partial charge in [-0.15, -0.1) is 0 Å². The van der Waals surface area contributed by atoms with Gasteiger partial charge in [-0.3, -0.25) is 9.59 Å². The predicted octanol–water partition coefficient (Wildman–Crippen LogP) is 4.44. The average molecular weight is 470 g/mol. The molecule has 1 saturated heterocycles. The molecule has 6 heteroatoms. The summed E-state index contributed by atoms with van der Waals surface area (Å²) in [4.78, 5) is 32.8. The number of aryl methyl sites for hydroxylation is 1. The van der Waals surface area contributed by atoms with Crippen molar-refractivity contribution in [3.63, 3.8) is 0 Å². The number of rotatable bonds is 6. The van der Waals surface area contributed by atoms with Crippen molar-refractivity contribution in [3.8, 4) is 5.75 Å². The second kappa shape index (κ2) is 9.82. The van der Waals surface area contributed by atoms with Crippen LogP contribution in [0.3, 0.4) is 0 Å². The molecule has 0 saturated carbocycles. The van der Waals surface area contributed by atoms with Crippen molar-refractivity contribution < 1.29 is 14.3 Å². The Morgan fingerprint density at radius 3 is 2.26 bits per heavy atom. The summed E-state index contributed by atoms with van der Waals surface area (Å²) in [5.74, 6) is 0.931. The normalized spacial score (nSPS) is 16.3. The molecular formula is C29H31N3O3. The summed E-state index contributed by atoms with van der Waals surface area (Å²) in [5.41, 5.74) is 5.06. The van der Waals surface area contributed by atoms with Gasteiger partial charge < -0.3 is 19.4 Å². The van der Waals surface area contributed by atoms with Crippen LogP contribution in [0.4, 0.5) is 5.69 Å². The maximum Gasteiger partial charge on any atom is 0.255 e. The van der Waals surface area contributed by atoms with Crippen LogP contribution in [-0.4, -0.2) is 54.9 Å². The Morgan fingerprint density at radius 1 is 0.914 bits per heavy atom. The number of amides is 2. The van der Waals surface area contributed by atoms with E-state index in [2.05, 4.69) is 17.0 Å². The molecule has 0 N–H and O–H groups in total. The molecule has 35 heavy (non-hydrogen) atoms. The summed E-state index contributed by atoms with van der Waals surface area (Å²) in [5, 5.41) is 0. The highest BCUT2D eigenvalue weighted by atomic mass is 16.5. The highest BCUT2D eigenvalue weighted by Crippen LogP contribution is 2.34. The van der Waals surface area contributed by atoms with Crippen molar-refractivity contribution in [3.05, 3.63) is 95.1 Å². The van der Waals surface area contributed by atoms with Crippen molar-refractivity contribution in [2.24, 2.45) is 0 Å². The maximum atomic E-state index is 13.5. The highest BCUT2D eigenvalue weighted by molar-refractivity contribution is 5.98. The molecule has 1 atom stereocenters. The van der Waals surface area contributed by atoms with E-state index in [1.54, 1.807) is 7.11 Å². The first kappa shape index (κ1) is 23.0. The number of fused-ring (bicyclic) bond motifs is 1. The molecule has 0 aliphatic carbocycles. The lowest BCUT2D eigenvalue weighted by Crippen LogP contribution is -2.49. The van der Waals surface area contributed by atoms with Crippen molar-refractivity contribution in [1.82, 2.24) is 9.80 Å². The van der Waals surface area contributed by atoms with Crippen molar-refractivity contribution in [2.75, 3.05) is 38.2 Å². The number of hydrogen-bond donors (Lipinski definition) is 0. The molecule has 0 aromatic heterocycles. The van der Waals surface area contributed by atoms with Crippen LogP contribution in [0.1, 0.15) is 39.5 Å². The van der Waals surface area contributed by atoms with E-state index in [1.165, 1.54) is 0 Å². The number of benzene rings is 3. The second-order valence-corrected chi connectivity index (χ2v) is 9.29. The van der Waals surface area contributed by atoms with E-state index >= 15 is 0 Å². The van der Waals surface area contributed by atoms with Gasteiger partial charge in [-0.2, -0.15) is 0 Å². The lowest BCUT2D eigenvalue weighted by Gasteiger charge is -2.37. The number of piperazine rings is 1. The van der Waals surface area contributed by atoms with Crippen LogP contribution in [0.5, 0.6) is 5.75 Å². The molecule has 2 aliphatic rings. The fourth-order valence-corrected chi connectivity index (χ4v) is 5.03. The minimum atomic E-state index is -0.289. The van der Waals surface area contributed by atoms with Gasteiger partial charge in [0, 0.05) is 44.0 Å². The van der Waals surface area contributed by atoms with E-state index < -0.39 is 0 Å². The summed E-state index contributed by atoms with van der Waals surface area (Å²) < 4.78 is 5.26. The molecule has 3 aromatic rings. The molecule has 2 amide bonds. The van der Waals surface area contributed by atoms with E-state index in [9.17, 15) is 9.59 Å². The summed E-state index contributed by atoms with van der Waals surface area (Å²) in [6, 6.07) is 23.7. The lowest BCUT2D eigenvalue weighted by atomic mass is 9.99. The van der Waals surface area contributed by atoms with E-state index in [0.717, 1.165) is 46.8 Å². The SMILES string of the molecule is COc1ccc(N2CCN(C(=O)C[C@@H](c3ccc(C)cc3)N3Cc4ccccc4C3=O)CC2)cc1. The van der Waals surface area contributed by atoms with Gasteiger partial charge in [0.15, 0.2) is 0 Å². The van der Waals surface area contributed by atoms with E-state index in [-0.39, 0.29) is 24.3 Å². The van der Waals surface area contributed by atoms with Gasteiger partial charge in [-0.25, -0.2) is 0 Å². The first-order chi connectivity index (χ1) is 17.0. The second-order valence-electron chi connectivity index (χ2n) is 9.29. The average Bonchev–Trinajstić information content (AvgIpc) is 3.24. The minimum Gasteiger partial charge on any atom is -0.497 e. The monoisotopic (exact) mass is 469 g/mol. The smallest absolute Gasteiger partial charge is 0.255 e. The topological polar surface area (TPSA) is 53.1 Å². The van der Waals surface area contributed by atoms with E-state index in [4.69, 9.17) is 4.74 Å². The summed E-state index contributed by atoms with van der Waals surface area (Å²) in [6.45, 7) is 5.47. The van der Waals surface area contributed by atoms with Crippen molar-refractivity contribution >= 4 is 17.5 Å². The van der Waals surface area contributed by atoms with Gasteiger partial charge in [-0.05, 0) is 48.4 Å². The summed E-state index contributed by atoms with van der Waals surface area (Å²) in [6.07, 6.45) is 0.283. The van der Waals surface area contributed by atoms with Crippen LogP contribution < -0.4 is 9.64 Å². The third-order valence-electron chi connectivity index (χ3n) is 7.13. The van der Waals surface area contributed by atoms with Crippen LogP contribution in [-0.2, 0) is 11.3 Å². The van der Waals surface area contributed by atoms with Crippen molar-refractivity contribution in [2.45, 2.75) is 25.9 Å². The van der Waals surface area contributed by atoms with Crippen LogP contribution in [0.2, 0.25) is 0 Å². The van der Waals surface area contributed by atoms with E-state index in [1.807, 2.05) is 77.4 Å². The first-order valence-electron chi connectivity index (χ1n) is 12.2. The minimum absolute atomic E-state index is 0.00306. The molecule has 180 valence electrons. The van der Waals surface area contributed by atoms with Gasteiger partial charge in [0.2, 0.25) is 5.91 Å². The van der Waals surface area contributed by atoms with Gasteiger partial charge in [0.25, 0.3) is 5.91 Å². The largest absolute Gasteiger partial charge is 0.497 e. The Bertz CT molecular complexity index is 1200. The highest BCUT2D eigenvalue weighted by Gasteiger charge is 2.35. The van der Waals surface area contributed by atoms with Gasteiger partial charge in [0.1, 0.15) is 5.75 Å². The molecular weight excluding hydrogens is 438 g/mol. The number of nitrogens with zero attached hydrogens (tertiary/aromatic N) is 3. The molecule has 5 rings (SSSR count). The molecule has 0 bridgehead atoms. The van der Waals surface area contributed by atoms with Gasteiger partial charge >= 0.3 is 0 Å². The van der Waals surface area contributed by atoms with Gasteiger partial charge in [-0.1, -0.05) is 48.0 Å². The number of hydrogen-bond acceptors (Lipinski definition) is 4. The number of anilines is 1. The molecule has 3 aromatic carbocycles. The Morgan fingerprint density at radius 2 is 1.60 bits per heavy atom. The van der Waals surface area contributed by atoms with Gasteiger partial charge in [0.05, 0.1) is 19.6 Å². The lowest BCUT2D eigenvalue weighted by molar-refractivity contribution is -0.132. The third-order valence-corrected chi connectivity index (χ3v) is 7.13. The fourth-order valence-electron chi connectivity index (χ4n) is 5.03. The Labute approximate surface area is 206 Å². The standard InChI is InChI=1S/C29H31N3O3/c1-21-7-9-22(10-8-21)27(32-20-23-5-3-4-6-26(23)29(32)34)19-28(33)31-17-15-30(16-18-31)24-11-13-25(35-2)14-12-24/h3-14,27H,15-20H2,1-2H3/t27-/m0/s1. The number of carbonyl (C=O) groups is 2. The number of carbonyl (C=O) groups excluding carboxylic acids is 2. The fraction of sp³-hybridized carbons (Fsp3) is 0.310. The first-order valence-corrected chi connectivity index (χ1v) is 12.2. The molecule has 6 nitrogen and oxygen atoms in total. The van der Waals surface area contributed by atoms with Crippen LogP contribution in [0, 0.1) is 6.92 Å². The third kappa shape index (κ3) is 4.74. The molecule has 0 unspecified atom stereocenters. The molecule has 1 fully saturated rings. The molecule has 2 heterocycles.